The number of anilines is 4. The number of ether oxygens (including phenoxy) is 2. The van der Waals surface area contributed by atoms with Gasteiger partial charge in [0.05, 0.1) is 49.1 Å². The van der Waals surface area contributed by atoms with Crippen molar-refractivity contribution in [3.8, 4) is 23.0 Å². The number of halogens is 6. The van der Waals surface area contributed by atoms with Gasteiger partial charge in [-0.25, -0.2) is 4.21 Å². The van der Waals surface area contributed by atoms with Crippen LogP contribution in [0.15, 0.2) is 90.7 Å². The third-order valence-electron chi connectivity index (χ3n) is 6.25. The van der Waals surface area contributed by atoms with Crippen LogP contribution in [0.25, 0.3) is 0 Å². The van der Waals surface area contributed by atoms with E-state index in [9.17, 15) is 24.6 Å². The van der Waals surface area contributed by atoms with Crippen LogP contribution in [0.3, 0.4) is 0 Å². The number of aromatic hydroxyl groups is 3. The fraction of sp³-hybridized carbons (Fsp3) is 0.229. The standard InChI is InChI=1S/C10H12BrNO3.C9H10BrNO3.C9H8BrNO2.C6H6BrNO.CH4.Cl2OS.Li.H2O/c1-15-10(14)4-5-12-8-3-2-7(11)6-9(8)13;10-6-1-2-7(8(12)5-6)11-4-3-9(13)14;10-6-1-2-7-8(5-6)13-9(12)3-4-11-7;7-4-1-2-5(8)6(9)3-4;;1-4(2)3;;/h2-3,6,12-13H,4-5H2,1H3;1-2,5,11-12H,3-4H2,(H,13,14);1-2,5,11H,3-4H2;1-3,9H,8H2;1H4;;;1H2/q;;;;;;+1;/p-1. The summed E-state index contributed by atoms with van der Waals surface area (Å²) in [5.41, 5.74) is 7.72. The van der Waals surface area contributed by atoms with Gasteiger partial charge in [0.2, 0.25) is 9.23 Å². The summed E-state index contributed by atoms with van der Waals surface area (Å²) in [6, 6.07) is 20.7. The number of nitrogens with one attached hydrogen (secondary N) is 3. The molecule has 0 unspecified atom stereocenters. The van der Waals surface area contributed by atoms with Gasteiger partial charge in [0.25, 0.3) is 0 Å². The van der Waals surface area contributed by atoms with Crippen molar-refractivity contribution in [2.45, 2.75) is 26.7 Å². The number of fused-ring (bicyclic) bond motifs is 1. The smallest absolute Gasteiger partial charge is 0.870 e. The molecule has 316 valence electrons. The Labute approximate surface area is 393 Å². The minimum Gasteiger partial charge on any atom is -0.870 e. The van der Waals surface area contributed by atoms with Crippen molar-refractivity contribution in [3.05, 3.63) is 90.7 Å². The van der Waals surface area contributed by atoms with Gasteiger partial charge in [0.1, 0.15) is 17.2 Å². The third-order valence-corrected chi connectivity index (χ3v) is 8.22. The van der Waals surface area contributed by atoms with Crippen LogP contribution < -0.4 is 45.3 Å². The molecule has 58 heavy (non-hydrogen) atoms. The van der Waals surface area contributed by atoms with Gasteiger partial charge in [0, 0.05) is 58.9 Å². The van der Waals surface area contributed by atoms with Gasteiger partial charge in [0.15, 0.2) is 5.75 Å². The van der Waals surface area contributed by atoms with E-state index in [0.29, 0.717) is 48.9 Å². The molecule has 10 N–H and O–H groups in total. The molecule has 1 heterocycles. The normalized spacial score (nSPS) is 10.4. The fourth-order valence-corrected chi connectivity index (χ4v) is 5.12. The molecule has 0 atom stereocenters. The average Bonchev–Trinajstić information content (AvgIpc) is 3.28. The molecule has 0 saturated carbocycles. The zero-order valence-electron chi connectivity index (χ0n) is 30.1. The van der Waals surface area contributed by atoms with E-state index in [1.165, 1.54) is 7.11 Å². The summed E-state index contributed by atoms with van der Waals surface area (Å²) in [7, 11) is 8.70. The van der Waals surface area contributed by atoms with Gasteiger partial charge >= 0.3 is 36.8 Å². The quantitative estimate of drug-likeness (QED) is 0.0231. The molecule has 0 bridgehead atoms. The number of phenols is 3. The number of phenolic OH excluding ortho intramolecular Hbond substituents is 3. The molecule has 1 aliphatic rings. The van der Waals surface area contributed by atoms with Gasteiger partial charge in [-0.05, 0) is 72.8 Å². The first-order valence-corrected chi connectivity index (χ1v) is 21.3. The maximum Gasteiger partial charge on any atom is 1.00 e. The molecule has 0 saturated heterocycles. The Bertz CT molecular complexity index is 1910. The number of benzene rings is 4. The van der Waals surface area contributed by atoms with Gasteiger partial charge in [-0.1, -0.05) is 71.1 Å². The molecule has 4 aromatic carbocycles. The fourth-order valence-electron chi connectivity index (χ4n) is 3.73. The number of nitrogens with two attached hydrogens (primary N) is 1. The number of hydrogen-bond donors (Lipinski definition) is 8. The summed E-state index contributed by atoms with van der Waals surface area (Å²) in [6.45, 7) is 1.36. The Morgan fingerprint density at radius 3 is 1.69 bits per heavy atom. The van der Waals surface area contributed by atoms with E-state index >= 15 is 0 Å². The maximum absolute atomic E-state index is 11.1. The van der Waals surface area contributed by atoms with E-state index in [-0.39, 0.29) is 73.8 Å². The minimum absolute atomic E-state index is 0. The Morgan fingerprint density at radius 1 is 0.828 bits per heavy atom. The topological polar surface area (TPSA) is 260 Å². The van der Waals surface area contributed by atoms with E-state index in [1.807, 2.05) is 12.1 Å². The SMILES string of the molecule is C.COC(=O)CCNc1ccc(Br)cc1O.Nc1ccc(Br)cc1O.O=C(O)CCNc1ccc(Br)cc1O.O=C1CCNc2ccc(Br)cc2O1.O=S(Cl)Cl.[Li+].[OH-]. The van der Waals surface area contributed by atoms with E-state index in [2.05, 4.69) is 106 Å². The van der Waals surface area contributed by atoms with Gasteiger partial charge in [-0.15, -0.1) is 0 Å². The molecule has 1 aliphatic heterocycles. The van der Waals surface area contributed by atoms with E-state index < -0.39 is 15.2 Å². The van der Waals surface area contributed by atoms with Crippen LogP contribution in [0, 0.1) is 0 Å². The van der Waals surface area contributed by atoms with E-state index in [4.69, 9.17) is 24.9 Å². The minimum atomic E-state index is -1.67. The van der Waals surface area contributed by atoms with Crippen molar-refractivity contribution in [2.75, 3.05) is 48.4 Å². The molecule has 0 aliphatic carbocycles. The second kappa shape index (κ2) is 32.9. The van der Waals surface area contributed by atoms with Crippen LogP contribution in [0.1, 0.15) is 26.7 Å². The van der Waals surface area contributed by atoms with Crippen LogP contribution in [0.4, 0.5) is 22.7 Å². The molecule has 0 radical (unpaired) electrons. The number of carbonyl (C=O) groups excluding carboxylic acids is 2. The Balaban J connectivity index is -0.000000670. The van der Waals surface area contributed by atoms with E-state index in [1.54, 1.807) is 60.7 Å². The predicted octanol–water partition coefficient (Wildman–Crippen LogP) is 6.58. The molecule has 15 nitrogen and oxygen atoms in total. The molecule has 0 fully saturated rings. The van der Waals surface area contributed by atoms with Crippen LogP contribution in [-0.4, -0.2) is 74.8 Å². The van der Waals surface area contributed by atoms with E-state index in [0.717, 1.165) is 23.6 Å². The Hall–Kier alpha value is -2.90. The second-order valence-corrected chi connectivity index (χ2v) is 16.5. The van der Waals surface area contributed by atoms with Crippen molar-refractivity contribution in [1.29, 1.82) is 0 Å². The van der Waals surface area contributed by atoms with Crippen molar-refractivity contribution in [3.63, 3.8) is 0 Å². The monoisotopic (exact) mass is 1120 g/mol. The Kier molecular flexibility index (Phi) is 33.7. The molecule has 23 heteroatoms. The summed E-state index contributed by atoms with van der Waals surface area (Å²) in [4.78, 5) is 32.1. The van der Waals surface area contributed by atoms with Gasteiger partial charge in [-0.2, -0.15) is 0 Å². The number of rotatable bonds is 8. The number of aliphatic carboxylic acids is 1. The van der Waals surface area contributed by atoms with Crippen LogP contribution in [-0.2, 0) is 28.3 Å². The second-order valence-electron chi connectivity index (χ2n) is 10.3. The molecule has 0 amide bonds. The largest absolute Gasteiger partial charge is 1.00 e. The van der Waals surface area contributed by atoms with Crippen molar-refractivity contribution in [2.24, 2.45) is 0 Å². The molecule has 0 aromatic heterocycles. The number of hydrogen-bond acceptors (Lipinski definition) is 14. The molecular formula is C35H41Br4Cl2LiN4O11S. The molecular weight excluding hydrogens is 1080 g/mol. The van der Waals surface area contributed by atoms with Crippen molar-refractivity contribution in [1.82, 2.24) is 0 Å². The zero-order valence-corrected chi connectivity index (χ0v) is 38.8. The number of nitrogen functional groups attached to an aromatic ring is 1. The molecule has 4 aromatic rings. The number of methoxy groups -OCH3 is 1. The predicted molar refractivity (Wildman–Crippen MR) is 239 cm³/mol. The Morgan fingerprint density at radius 2 is 1.26 bits per heavy atom. The number of esters is 2. The van der Waals surface area contributed by atoms with Crippen LogP contribution in [0.2, 0.25) is 0 Å². The van der Waals surface area contributed by atoms with Crippen LogP contribution in [0.5, 0.6) is 23.0 Å². The van der Waals surface area contributed by atoms with Gasteiger partial charge in [-0.3, -0.25) is 14.4 Å². The average molecular weight is 1120 g/mol. The summed E-state index contributed by atoms with van der Waals surface area (Å²) < 4.78 is 22.0. The van der Waals surface area contributed by atoms with Crippen molar-refractivity contribution >= 4 is 135 Å². The molecule has 0 spiro atoms. The van der Waals surface area contributed by atoms with Crippen molar-refractivity contribution < 1.29 is 72.8 Å². The zero-order chi connectivity index (χ0) is 41.5. The first kappa shape index (κ1) is 59.4. The summed E-state index contributed by atoms with van der Waals surface area (Å²) >= 11 is 12.9. The first-order valence-electron chi connectivity index (χ1n) is 15.4. The number of carboxylic acids is 1. The number of carbonyl (C=O) groups is 3. The maximum atomic E-state index is 11.1. The first-order chi connectivity index (χ1) is 25.9. The van der Waals surface area contributed by atoms with Crippen LogP contribution >= 0.6 is 85.1 Å². The number of carboxylic acid groups (broad SMARTS) is 1. The summed E-state index contributed by atoms with van der Waals surface area (Å²) in [6.07, 6.45) is 0.702. The summed E-state index contributed by atoms with van der Waals surface area (Å²) in [5, 5.41) is 45.1. The molecule has 5 rings (SSSR count). The summed E-state index contributed by atoms with van der Waals surface area (Å²) in [5.74, 6) is -0.377. The third kappa shape index (κ3) is 27.0. The van der Waals surface area contributed by atoms with Gasteiger partial charge < -0.3 is 57.1 Å².